The van der Waals surface area contributed by atoms with E-state index in [0.29, 0.717) is 10.2 Å². The predicted molar refractivity (Wildman–Crippen MR) is 75.4 cm³/mol. The van der Waals surface area contributed by atoms with Crippen LogP contribution in [0.2, 0.25) is 0 Å². The van der Waals surface area contributed by atoms with Crippen molar-refractivity contribution in [2.45, 2.75) is 26.4 Å². The predicted octanol–water partition coefficient (Wildman–Crippen LogP) is 3.73. The van der Waals surface area contributed by atoms with Crippen LogP contribution in [0.1, 0.15) is 20.8 Å². The highest BCUT2D eigenvalue weighted by Gasteiger charge is 2.22. The van der Waals surface area contributed by atoms with Crippen molar-refractivity contribution < 1.29 is 14.5 Å². The molecule has 0 aliphatic carbocycles. The molecule has 1 aromatic rings. The van der Waals surface area contributed by atoms with Crippen LogP contribution in [0.5, 0.6) is 0 Å². The van der Waals surface area contributed by atoms with Crippen LogP contribution in [0.15, 0.2) is 22.7 Å². The van der Waals surface area contributed by atoms with Crippen LogP contribution in [0.3, 0.4) is 0 Å². The molecular weight excluding hydrogens is 316 g/mol. The Morgan fingerprint density at radius 1 is 1.42 bits per heavy atom. The highest BCUT2D eigenvalue weighted by Crippen LogP contribution is 2.29. The van der Waals surface area contributed by atoms with Gasteiger partial charge in [-0.1, -0.05) is 0 Å². The maximum absolute atomic E-state index is 11.8. The average molecular weight is 331 g/mol. The topological polar surface area (TPSA) is 72.7 Å². The molecule has 0 spiro atoms. The fourth-order valence-corrected chi connectivity index (χ4v) is 1.68. The molecule has 0 atom stereocenters. The second-order valence-electron chi connectivity index (χ2n) is 4.93. The van der Waals surface area contributed by atoms with Crippen molar-refractivity contribution in [3.8, 4) is 0 Å². The van der Waals surface area contributed by atoms with Gasteiger partial charge in [0.05, 0.1) is 15.1 Å². The number of anilines is 1. The first-order valence-corrected chi connectivity index (χ1v) is 6.32. The molecule has 0 fully saturated rings. The lowest BCUT2D eigenvalue weighted by Gasteiger charge is -2.24. The van der Waals surface area contributed by atoms with Crippen molar-refractivity contribution in [3.63, 3.8) is 0 Å². The third-order valence-electron chi connectivity index (χ3n) is 2.18. The zero-order valence-electron chi connectivity index (χ0n) is 11.1. The smallest absolute Gasteiger partial charge is 0.414 e. The standard InChI is InChI=1S/C12H15BrN2O4/c1-12(2,3)19-11(16)14(4)8-5-6-9(13)10(7-8)15(17)18/h5-7H,1-4H3. The van der Waals surface area contributed by atoms with Gasteiger partial charge in [0.2, 0.25) is 0 Å². The van der Waals surface area contributed by atoms with Gasteiger partial charge in [-0.05, 0) is 48.8 Å². The number of carbonyl (C=O) groups is 1. The first-order chi connectivity index (χ1) is 8.61. The van der Waals surface area contributed by atoms with Gasteiger partial charge in [-0.2, -0.15) is 0 Å². The number of nitrogens with zero attached hydrogens (tertiary/aromatic N) is 2. The van der Waals surface area contributed by atoms with Crippen molar-refractivity contribution in [2.75, 3.05) is 11.9 Å². The van der Waals surface area contributed by atoms with E-state index in [4.69, 9.17) is 4.74 Å². The number of ether oxygens (including phenoxy) is 1. The van der Waals surface area contributed by atoms with Crippen molar-refractivity contribution in [3.05, 3.63) is 32.8 Å². The Kier molecular flexibility index (Phi) is 4.52. The summed E-state index contributed by atoms with van der Waals surface area (Å²) in [5.74, 6) is 0. The Morgan fingerprint density at radius 3 is 2.47 bits per heavy atom. The van der Waals surface area contributed by atoms with Gasteiger partial charge in [-0.3, -0.25) is 15.0 Å². The first kappa shape index (κ1) is 15.4. The molecule has 0 N–H and O–H groups in total. The van der Waals surface area contributed by atoms with E-state index < -0.39 is 16.6 Å². The summed E-state index contributed by atoms with van der Waals surface area (Å²) >= 11 is 3.09. The van der Waals surface area contributed by atoms with Crippen LogP contribution in [-0.4, -0.2) is 23.7 Å². The Hall–Kier alpha value is -1.63. The molecule has 104 valence electrons. The Bertz CT molecular complexity index is 511. The number of nitro benzene ring substituents is 1. The zero-order chi connectivity index (χ0) is 14.8. The lowest BCUT2D eigenvalue weighted by atomic mass is 10.2. The largest absolute Gasteiger partial charge is 0.443 e. The van der Waals surface area contributed by atoms with Crippen LogP contribution in [0.25, 0.3) is 0 Å². The van der Waals surface area contributed by atoms with Crippen molar-refractivity contribution in [1.82, 2.24) is 0 Å². The first-order valence-electron chi connectivity index (χ1n) is 5.52. The van der Waals surface area contributed by atoms with Crippen LogP contribution in [0, 0.1) is 10.1 Å². The van der Waals surface area contributed by atoms with E-state index in [-0.39, 0.29) is 5.69 Å². The molecule has 0 aliphatic rings. The van der Waals surface area contributed by atoms with E-state index in [1.165, 1.54) is 24.1 Å². The molecule has 0 aliphatic heterocycles. The molecule has 1 aromatic carbocycles. The molecule has 19 heavy (non-hydrogen) atoms. The van der Waals surface area contributed by atoms with E-state index >= 15 is 0 Å². The zero-order valence-corrected chi connectivity index (χ0v) is 12.7. The second kappa shape index (κ2) is 5.56. The molecule has 1 amide bonds. The lowest BCUT2D eigenvalue weighted by Crippen LogP contribution is -2.34. The van der Waals surface area contributed by atoms with E-state index in [1.54, 1.807) is 26.8 Å². The highest BCUT2D eigenvalue weighted by molar-refractivity contribution is 9.10. The molecule has 0 saturated heterocycles. The Morgan fingerprint density at radius 2 is 2.00 bits per heavy atom. The van der Waals surface area contributed by atoms with E-state index in [2.05, 4.69) is 15.9 Å². The maximum atomic E-state index is 11.8. The Labute approximate surface area is 119 Å². The third kappa shape index (κ3) is 4.20. The second-order valence-corrected chi connectivity index (χ2v) is 5.79. The van der Waals surface area contributed by atoms with Crippen molar-refractivity contribution in [2.24, 2.45) is 0 Å². The van der Waals surface area contributed by atoms with Gasteiger partial charge in [0, 0.05) is 13.1 Å². The van der Waals surface area contributed by atoms with Gasteiger partial charge in [0.15, 0.2) is 0 Å². The monoisotopic (exact) mass is 330 g/mol. The third-order valence-corrected chi connectivity index (χ3v) is 2.85. The SMILES string of the molecule is CN(C(=O)OC(C)(C)C)c1ccc(Br)c([N+](=O)[O-])c1. The summed E-state index contributed by atoms with van der Waals surface area (Å²) in [6.07, 6.45) is -0.566. The van der Waals surface area contributed by atoms with Gasteiger partial charge >= 0.3 is 6.09 Å². The quantitative estimate of drug-likeness (QED) is 0.611. The summed E-state index contributed by atoms with van der Waals surface area (Å²) in [5, 5.41) is 10.8. The molecule has 0 heterocycles. The summed E-state index contributed by atoms with van der Waals surface area (Å²) in [6.45, 7) is 5.26. The highest BCUT2D eigenvalue weighted by atomic mass is 79.9. The van der Waals surface area contributed by atoms with E-state index in [1.807, 2.05) is 0 Å². The number of hydrogen-bond acceptors (Lipinski definition) is 4. The van der Waals surface area contributed by atoms with Crippen molar-refractivity contribution in [1.29, 1.82) is 0 Å². The summed E-state index contributed by atoms with van der Waals surface area (Å²) in [7, 11) is 1.50. The number of carbonyl (C=O) groups excluding carboxylic acids is 1. The molecule has 6 nitrogen and oxygen atoms in total. The fourth-order valence-electron chi connectivity index (χ4n) is 1.29. The minimum atomic E-state index is -0.618. The summed E-state index contributed by atoms with van der Waals surface area (Å²) in [5.41, 5.74) is -0.329. The van der Waals surface area contributed by atoms with E-state index in [0.717, 1.165) is 0 Å². The lowest BCUT2D eigenvalue weighted by molar-refractivity contribution is -0.385. The van der Waals surface area contributed by atoms with Gasteiger partial charge in [0.25, 0.3) is 5.69 Å². The molecule has 7 heteroatoms. The fraction of sp³-hybridized carbons (Fsp3) is 0.417. The number of rotatable bonds is 2. The summed E-state index contributed by atoms with van der Waals surface area (Å²) in [6, 6.07) is 4.43. The van der Waals surface area contributed by atoms with Gasteiger partial charge in [0.1, 0.15) is 5.60 Å². The number of hydrogen-bond donors (Lipinski definition) is 0. The minimum Gasteiger partial charge on any atom is -0.443 e. The minimum absolute atomic E-state index is 0.104. The maximum Gasteiger partial charge on any atom is 0.414 e. The molecule has 0 unspecified atom stereocenters. The molecule has 0 radical (unpaired) electrons. The van der Waals surface area contributed by atoms with Crippen LogP contribution >= 0.6 is 15.9 Å². The molecular formula is C12H15BrN2O4. The average Bonchev–Trinajstić information content (AvgIpc) is 2.26. The normalized spacial score (nSPS) is 11.0. The number of halogens is 1. The van der Waals surface area contributed by atoms with Gasteiger partial charge in [-0.25, -0.2) is 4.79 Å². The van der Waals surface area contributed by atoms with Gasteiger partial charge < -0.3 is 4.74 Å². The summed E-state index contributed by atoms with van der Waals surface area (Å²) in [4.78, 5) is 23.4. The molecule has 0 saturated carbocycles. The van der Waals surface area contributed by atoms with Crippen LogP contribution in [-0.2, 0) is 4.74 Å². The Balaban J connectivity index is 3.00. The molecule has 1 rings (SSSR count). The molecule has 0 bridgehead atoms. The number of benzene rings is 1. The van der Waals surface area contributed by atoms with Crippen molar-refractivity contribution >= 4 is 33.4 Å². The van der Waals surface area contributed by atoms with Crippen LogP contribution in [0.4, 0.5) is 16.2 Å². The van der Waals surface area contributed by atoms with Gasteiger partial charge in [-0.15, -0.1) is 0 Å². The number of amides is 1. The van der Waals surface area contributed by atoms with Crippen LogP contribution < -0.4 is 4.90 Å². The molecule has 0 aromatic heterocycles. The van der Waals surface area contributed by atoms with E-state index in [9.17, 15) is 14.9 Å². The number of nitro groups is 1. The summed E-state index contributed by atoms with van der Waals surface area (Å²) < 4.78 is 5.55.